The molecule has 0 aromatic heterocycles. The van der Waals surface area contributed by atoms with E-state index in [1.807, 2.05) is 0 Å². The Morgan fingerprint density at radius 3 is 2.77 bits per heavy atom. The maximum absolute atomic E-state index is 10.9. The summed E-state index contributed by atoms with van der Waals surface area (Å²) in [5, 5.41) is 3.23. The van der Waals surface area contributed by atoms with Crippen molar-refractivity contribution in [2.75, 3.05) is 13.7 Å². The molecular formula is C6H11N3O3S. The quantitative estimate of drug-likeness (QED) is 0.365. The topological polar surface area (TPSA) is 70.7 Å². The van der Waals surface area contributed by atoms with E-state index >= 15 is 0 Å². The zero-order valence-corrected chi connectivity index (χ0v) is 8.18. The molecule has 0 unspecified atom stereocenters. The Hall–Kier alpha value is -1.37. The van der Waals surface area contributed by atoms with Crippen LogP contribution in [-0.2, 0) is 9.53 Å². The monoisotopic (exact) mass is 205 g/mol. The first-order valence-corrected chi connectivity index (χ1v) is 3.94. The molecule has 0 aliphatic carbocycles. The van der Waals surface area contributed by atoms with Gasteiger partial charge in [0, 0.05) is 7.05 Å². The van der Waals surface area contributed by atoms with E-state index in [-0.39, 0.29) is 11.7 Å². The number of nitrogens with one attached hydrogen (secondary N) is 2. The van der Waals surface area contributed by atoms with Crippen LogP contribution in [0.1, 0.15) is 6.92 Å². The first-order valence-electron chi connectivity index (χ1n) is 3.53. The Labute approximate surface area is 81.2 Å². The lowest BCUT2D eigenvalue weighted by atomic mass is 10.8. The molecule has 13 heavy (non-hydrogen) atoms. The summed E-state index contributed by atoms with van der Waals surface area (Å²) in [6, 6.07) is 0. The van der Waals surface area contributed by atoms with Gasteiger partial charge in [0.1, 0.15) is 0 Å². The number of rotatable bonds is 2. The molecule has 0 aromatic carbocycles. The van der Waals surface area contributed by atoms with E-state index in [0.29, 0.717) is 6.41 Å². The lowest BCUT2D eigenvalue weighted by Crippen LogP contribution is -2.47. The average molecular weight is 205 g/mol. The van der Waals surface area contributed by atoms with Gasteiger partial charge in [-0.2, -0.15) is 0 Å². The number of thiocarbonyl (C=S) groups is 1. The molecule has 0 bridgehead atoms. The summed E-state index contributed by atoms with van der Waals surface area (Å²) in [6.07, 6.45) is -0.161. The third-order valence-electron chi connectivity index (χ3n) is 1.00. The van der Waals surface area contributed by atoms with Gasteiger partial charge in [0.05, 0.1) is 6.61 Å². The number of hydrazine groups is 1. The normalized spacial score (nSPS) is 8.46. The third kappa shape index (κ3) is 4.96. The van der Waals surface area contributed by atoms with Crippen LogP contribution in [0.4, 0.5) is 4.79 Å². The van der Waals surface area contributed by atoms with Crippen LogP contribution in [0.5, 0.6) is 0 Å². The highest BCUT2D eigenvalue weighted by molar-refractivity contribution is 7.80. The van der Waals surface area contributed by atoms with E-state index in [1.165, 1.54) is 7.05 Å². The van der Waals surface area contributed by atoms with Gasteiger partial charge < -0.3 is 10.1 Å². The standard InChI is InChI=1S/C6H11N3O3S/c1-3-12-6(11)9(2)8-5(13)7-4-10/h4H,3H2,1-2H3,(H2,7,8,10,13). The third-order valence-corrected chi connectivity index (χ3v) is 1.21. The second-order valence-corrected chi connectivity index (χ2v) is 2.37. The molecule has 0 atom stereocenters. The number of carbonyl (C=O) groups is 2. The number of hydrogen-bond acceptors (Lipinski definition) is 4. The van der Waals surface area contributed by atoms with Crippen molar-refractivity contribution in [3.63, 3.8) is 0 Å². The van der Waals surface area contributed by atoms with Crippen LogP contribution in [0.15, 0.2) is 0 Å². The molecule has 0 saturated carbocycles. The number of carbonyl (C=O) groups excluding carboxylic acids is 2. The van der Waals surface area contributed by atoms with Gasteiger partial charge >= 0.3 is 6.09 Å². The lowest BCUT2D eigenvalue weighted by molar-refractivity contribution is -0.108. The molecule has 0 aromatic rings. The Morgan fingerprint density at radius 1 is 1.69 bits per heavy atom. The first-order chi connectivity index (χ1) is 6.11. The minimum Gasteiger partial charge on any atom is -0.449 e. The highest BCUT2D eigenvalue weighted by Crippen LogP contribution is 1.84. The van der Waals surface area contributed by atoms with E-state index in [1.54, 1.807) is 6.92 Å². The minimum atomic E-state index is -0.572. The van der Waals surface area contributed by atoms with Crippen LogP contribution in [0.25, 0.3) is 0 Å². The molecule has 0 spiro atoms. The summed E-state index contributed by atoms with van der Waals surface area (Å²) >= 11 is 4.63. The van der Waals surface area contributed by atoms with Crippen molar-refractivity contribution < 1.29 is 14.3 Å². The van der Waals surface area contributed by atoms with Crippen molar-refractivity contribution >= 4 is 29.8 Å². The van der Waals surface area contributed by atoms with Gasteiger partial charge in [-0.05, 0) is 19.1 Å². The molecule has 74 valence electrons. The van der Waals surface area contributed by atoms with E-state index in [9.17, 15) is 9.59 Å². The van der Waals surface area contributed by atoms with Crippen molar-refractivity contribution in [3.8, 4) is 0 Å². The summed E-state index contributed by atoms with van der Waals surface area (Å²) in [5.74, 6) is 0. The maximum atomic E-state index is 10.9. The Balaban J connectivity index is 3.84. The van der Waals surface area contributed by atoms with Gasteiger partial charge in [-0.3, -0.25) is 10.2 Å². The number of amides is 2. The SMILES string of the molecule is CCOC(=O)N(C)NC(=S)NC=O. The number of hydrogen-bond donors (Lipinski definition) is 2. The van der Waals surface area contributed by atoms with Crippen LogP contribution in [0, 0.1) is 0 Å². The Morgan fingerprint density at radius 2 is 2.31 bits per heavy atom. The summed E-state index contributed by atoms with van der Waals surface area (Å²) in [5.41, 5.74) is 2.41. The zero-order valence-electron chi connectivity index (χ0n) is 7.36. The molecule has 0 rings (SSSR count). The van der Waals surface area contributed by atoms with Crippen LogP contribution >= 0.6 is 12.2 Å². The second kappa shape index (κ2) is 6.18. The molecule has 0 heterocycles. The molecule has 0 radical (unpaired) electrons. The minimum absolute atomic E-state index is 0.0329. The van der Waals surface area contributed by atoms with Gasteiger partial charge in [-0.1, -0.05) is 0 Å². The van der Waals surface area contributed by atoms with Crippen molar-refractivity contribution in [3.05, 3.63) is 0 Å². The number of nitrogens with zero attached hydrogens (tertiary/aromatic N) is 1. The fourth-order valence-corrected chi connectivity index (χ4v) is 0.689. The zero-order chi connectivity index (χ0) is 10.3. The fraction of sp³-hybridized carbons (Fsp3) is 0.500. The molecule has 7 heteroatoms. The molecule has 2 amide bonds. The van der Waals surface area contributed by atoms with Gasteiger partial charge in [0.15, 0.2) is 5.11 Å². The van der Waals surface area contributed by atoms with Crippen LogP contribution in [0.3, 0.4) is 0 Å². The first kappa shape index (κ1) is 11.6. The molecule has 2 N–H and O–H groups in total. The van der Waals surface area contributed by atoms with E-state index in [2.05, 4.69) is 27.7 Å². The fourth-order valence-electron chi connectivity index (χ4n) is 0.504. The predicted molar refractivity (Wildman–Crippen MR) is 49.7 cm³/mol. The second-order valence-electron chi connectivity index (χ2n) is 1.96. The predicted octanol–water partition coefficient (Wildman–Crippen LogP) is -0.390. The molecule has 0 fully saturated rings. The molecule has 0 aliphatic heterocycles. The highest BCUT2D eigenvalue weighted by Gasteiger charge is 2.09. The van der Waals surface area contributed by atoms with E-state index in [0.717, 1.165) is 5.01 Å². The molecule has 6 nitrogen and oxygen atoms in total. The Bertz CT molecular complexity index is 209. The van der Waals surface area contributed by atoms with Gasteiger partial charge in [0.2, 0.25) is 6.41 Å². The Kier molecular flexibility index (Phi) is 5.53. The van der Waals surface area contributed by atoms with E-state index < -0.39 is 6.09 Å². The van der Waals surface area contributed by atoms with Crippen LogP contribution in [-0.4, -0.2) is 36.3 Å². The largest absolute Gasteiger partial charge is 0.449 e. The van der Waals surface area contributed by atoms with Crippen molar-refractivity contribution in [1.29, 1.82) is 0 Å². The van der Waals surface area contributed by atoms with E-state index in [4.69, 9.17) is 0 Å². The van der Waals surface area contributed by atoms with Gasteiger partial charge in [0.25, 0.3) is 0 Å². The summed E-state index contributed by atoms with van der Waals surface area (Å²) in [7, 11) is 1.43. The average Bonchev–Trinajstić information content (AvgIpc) is 2.05. The summed E-state index contributed by atoms with van der Waals surface area (Å²) < 4.78 is 4.63. The molecular weight excluding hydrogens is 194 g/mol. The smallest absolute Gasteiger partial charge is 0.428 e. The van der Waals surface area contributed by atoms with Gasteiger partial charge in [-0.15, -0.1) is 0 Å². The van der Waals surface area contributed by atoms with Crippen molar-refractivity contribution in [1.82, 2.24) is 15.8 Å². The highest BCUT2D eigenvalue weighted by atomic mass is 32.1. The summed E-state index contributed by atoms with van der Waals surface area (Å²) in [4.78, 5) is 20.9. The van der Waals surface area contributed by atoms with Crippen molar-refractivity contribution in [2.24, 2.45) is 0 Å². The summed E-state index contributed by atoms with van der Waals surface area (Å²) in [6.45, 7) is 1.96. The number of ether oxygens (including phenoxy) is 1. The maximum Gasteiger partial charge on any atom is 0.428 e. The van der Waals surface area contributed by atoms with Crippen LogP contribution in [0.2, 0.25) is 0 Å². The van der Waals surface area contributed by atoms with Crippen LogP contribution < -0.4 is 10.7 Å². The molecule has 0 aliphatic rings. The van der Waals surface area contributed by atoms with Gasteiger partial charge in [-0.25, -0.2) is 9.80 Å². The lowest BCUT2D eigenvalue weighted by Gasteiger charge is -2.17. The molecule has 0 saturated heterocycles. The van der Waals surface area contributed by atoms with Crippen molar-refractivity contribution in [2.45, 2.75) is 6.92 Å².